The number of anilines is 2. The van der Waals surface area contributed by atoms with Crippen molar-refractivity contribution >= 4 is 29.0 Å². The van der Waals surface area contributed by atoms with Crippen molar-refractivity contribution in [3.63, 3.8) is 0 Å². The van der Waals surface area contributed by atoms with E-state index in [1.54, 1.807) is 30.7 Å². The van der Waals surface area contributed by atoms with Gasteiger partial charge in [-0.1, -0.05) is 18.2 Å². The molecule has 1 aliphatic rings. The second kappa shape index (κ2) is 8.66. The average Bonchev–Trinajstić information content (AvgIpc) is 3.42. The topological polar surface area (TPSA) is 110 Å². The first-order chi connectivity index (χ1) is 15.4. The van der Waals surface area contributed by atoms with Crippen molar-refractivity contribution in [1.82, 2.24) is 9.78 Å². The molecular formula is C24H25N5O3. The summed E-state index contributed by atoms with van der Waals surface area (Å²) in [5.41, 5.74) is 8.97. The minimum atomic E-state index is -0.786. The number of nitrogens with one attached hydrogen (secondary N) is 1. The third-order valence-electron chi connectivity index (χ3n) is 5.70. The molecule has 0 saturated carbocycles. The van der Waals surface area contributed by atoms with Gasteiger partial charge in [0.05, 0.1) is 34.0 Å². The number of hydrogen-bond acceptors (Lipinski definition) is 5. The van der Waals surface area contributed by atoms with Gasteiger partial charge in [-0.2, -0.15) is 5.10 Å². The smallest absolute Gasteiger partial charge is 0.296 e. The van der Waals surface area contributed by atoms with E-state index in [0.717, 1.165) is 37.3 Å². The van der Waals surface area contributed by atoms with Crippen LogP contribution in [0.5, 0.6) is 0 Å². The van der Waals surface area contributed by atoms with Crippen LogP contribution in [0.15, 0.2) is 48.5 Å². The van der Waals surface area contributed by atoms with Gasteiger partial charge in [0.25, 0.3) is 11.7 Å². The molecular weight excluding hydrogens is 406 g/mol. The van der Waals surface area contributed by atoms with Crippen LogP contribution in [0.1, 0.15) is 44.9 Å². The summed E-state index contributed by atoms with van der Waals surface area (Å²) in [6, 6.07) is 14.3. The second-order valence-corrected chi connectivity index (χ2v) is 7.87. The first-order valence-electron chi connectivity index (χ1n) is 10.5. The van der Waals surface area contributed by atoms with Crippen molar-refractivity contribution in [2.24, 2.45) is 5.73 Å². The summed E-state index contributed by atoms with van der Waals surface area (Å²) in [7, 11) is 0. The van der Waals surface area contributed by atoms with Gasteiger partial charge in [0.15, 0.2) is 0 Å². The van der Waals surface area contributed by atoms with E-state index < -0.39 is 17.6 Å². The Morgan fingerprint density at radius 1 is 1.00 bits per heavy atom. The molecule has 3 aromatic rings. The zero-order valence-corrected chi connectivity index (χ0v) is 18.1. The number of para-hydroxylation sites is 1. The van der Waals surface area contributed by atoms with E-state index in [2.05, 4.69) is 15.3 Å². The third-order valence-corrected chi connectivity index (χ3v) is 5.70. The van der Waals surface area contributed by atoms with Gasteiger partial charge in [-0.15, -0.1) is 0 Å². The zero-order valence-electron chi connectivity index (χ0n) is 18.1. The van der Waals surface area contributed by atoms with Crippen LogP contribution >= 0.6 is 0 Å². The van der Waals surface area contributed by atoms with Gasteiger partial charge >= 0.3 is 0 Å². The Bertz CT molecular complexity index is 1190. The average molecular weight is 431 g/mol. The van der Waals surface area contributed by atoms with Crippen molar-refractivity contribution in [1.29, 1.82) is 0 Å². The number of ketones is 1. The van der Waals surface area contributed by atoms with E-state index in [1.165, 1.54) is 6.07 Å². The number of amides is 2. The molecule has 0 radical (unpaired) electrons. The summed E-state index contributed by atoms with van der Waals surface area (Å²) in [5, 5.41) is 7.16. The normalized spacial score (nSPS) is 13.2. The van der Waals surface area contributed by atoms with Crippen molar-refractivity contribution in [2.45, 2.75) is 26.7 Å². The van der Waals surface area contributed by atoms with Crippen molar-refractivity contribution in [3.05, 3.63) is 71.0 Å². The number of Topliss-reactive ketones (excluding diaryl/α,β-unsaturated/α-hetero) is 1. The quantitative estimate of drug-likeness (QED) is 0.460. The van der Waals surface area contributed by atoms with E-state index in [9.17, 15) is 14.4 Å². The molecule has 0 aliphatic carbocycles. The fraction of sp³-hybridized carbons (Fsp3) is 0.250. The molecule has 32 heavy (non-hydrogen) atoms. The van der Waals surface area contributed by atoms with Crippen LogP contribution in [0, 0.1) is 13.8 Å². The van der Waals surface area contributed by atoms with Crippen LogP contribution in [0.3, 0.4) is 0 Å². The fourth-order valence-electron chi connectivity index (χ4n) is 4.11. The predicted octanol–water partition coefficient (Wildman–Crippen LogP) is 3.01. The Morgan fingerprint density at radius 2 is 1.69 bits per heavy atom. The number of carbonyl (C=O) groups excluding carboxylic acids is 3. The molecule has 4 rings (SSSR count). The third kappa shape index (κ3) is 3.99. The Hall–Kier alpha value is -3.94. The van der Waals surface area contributed by atoms with Gasteiger partial charge in [-0.25, -0.2) is 4.68 Å². The highest BCUT2D eigenvalue weighted by Gasteiger charge is 2.27. The fourth-order valence-corrected chi connectivity index (χ4v) is 4.11. The number of benzene rings is 2. The molecule has 164 valence electrons. The monoisotopic (exact) mass is 431 g/mol. The molecule has 1 fully saturated rings. The van der Waals surface area contributed by atoms with Gasteiger partial charge < -0.3 is 16.0 Å². The van der Waals surface area contributed by atoms with Crippen LogP contribution in [-0.4, -0.2) is 40.5 Å². The Kier molecular flexibility index (Phi) is 5.77. The summed E-state index contributed by atoms with van der Waals surface area (Å²) in [6.07, 6.45) is 2.09. The molecule has 2 heterocycles. The summed E-state index contributed by atoms with van der Waals surface area (Å²) >= 11 is 0. The Balaban J connectivity index is 1.65. The molecule has 2 aromatic carbocycles. The first-order valence-corrected chi connectivity index (χ1v) is 10.5. The molecule has 0 atom stereocenters. The summed E-state index contributed by atoms with van der Waals surface area (Å²) in [4.78, 5) is 39.9. The molecule has 1 saturated heterocycles. The number of aromatic nitrogens is 2. The number of rotatable bonds is 6. The number of nitrogens with zero attached hydrogens (tertiary/aromatic N) is 3. The number of carbonyl (C=O) groups is 3. The predicted molar refractivity (Wildman–Crippen MR) is 122 cm³/mol. The van der Waals surface area contributed by atoms with Crippen molar-refractivity contribution in [2.75, 3.05) is 23.3 Å². The van der Waals surface area contributed by atoms with Crippen LogP contribution < -0.4 is 16.0 Å². The largest absolute Gasteiger partial charge is 0.370 e. The highest BCUT2D eigenvalue weighted by atomic mass is 16.2. The number of hydrogen-bond donors (Lipinski definition) is 2. The molecule has 0 bridgehead atoms. The molecule has 2 amide bonds. The summed E-state index contributed by atoms with van der Waals surface area (Å²) < 4.78 is 1.65. The lowest BCUT2D eigenvalue weighted by Gasteiger charge is -2.22. The van der Waals surface area contributed by atoms with Crippen LogP contribution in [-0.2, 0) is 4.79 Å². The molecule has 1 aliphatic heterocycles. The Labute approximate surface area is 186 Å². The number of aryl methyl sites for hydroxylation is 1. The SMILES string of the molecule is Cc1nn(-c2ccccc2)c(C)c1C(=O)C(=O)Nc1cc(C(N)=O)ccc1N1CCCC1. The highest BCUT2D eigenvalue weighted by Crippen LogP contribution is 2.30. The van der Waals surface area contributed by atoms with Crippen LogP contribution in [0.4, 0.5) is 11.4 Å². The highest BCUT2D eigenvalue weighted by molar-refractivity contribution is 6.47. The van der Waals surface area contributed by atoms with E-state index in [-0.39, 0.29) is 11.1 Å². The lowest BCUT2D eigenvalue weighted by molar-refractivity contribution is -0.112. The van der Waals surface area contributed by atoms with E-state index in [4.69, 9.17) is 5.73 Å². The summed E-state index contributed by atoms with van der Waals surface area (Å²) in [6.45, 7) is 5.15. The molecule has 8 nitrogen and oxygen atoms in total. The molecule has 0 unspecified atom stereocenters. The second-order valence-electron chi connectivity index (χ2n) is 7.87. The van der Waals surface area contributed by atoms with Gasteiger partial charge in [0.2, 0.25) is 5.91 Å². The van der Waals surface area contributed by atoms with Crippen molar-refractivity contribution < 1.29 is 14.4 Å². The van der Waals surface area contributed by atoms with E-state index in [0.29, 0.717) is 17.1 Å². The van der Waals surface area contributed by atoms with Gasteiger partial charge in [-0.05, 0) is 57.0 Å². The molecule has 0 spiro atoms. The van der Waals surface area contributed by atoms with Gasteiger partial charge in [-0.3, -0.25) is 14.4 Å². The standard InChI is InChI=1S/C24H25N5O3/c1-15-21(16(2)29(27-15)18-8-4-3-5-9-18)22(30)24(32)26-19-14-17(23(25)31)10-11-20(19)28-12-6-7-13-28/h3-5,8-11,14H,6-7,12-13H2,1-2H3,(H2,25,31)(H,26,32). The van der Waals surface area contributed by atoms with E-state index in [1.807, 2.05) is 30.3 Å². The zero-order chi connectivity index (χ0) is 22.8. The first kappa shape index (κ1) is 21.3. The van der Waals surface area contributed by atoms with Crippen LogP contribution in [0.2, 0.25) is 0 Å². The van der Waals surface area contributed by atoms with Crippen LogP contribution in [0.25, 0.3) is 5.69 Å². The maximum absolute atomic E-state index is 13.1. The van der Waals surface area contributed by atoms with Gasteiger partial charge in [0, 0.05) is 18.7 Å². The van der Waals surface area contributed by atoms with Gasteiger partial charge in [0.1, 0.15) is 0 Å². The summed E-state index contributed by atoms with van der Waals surface area (Å²) in [5.74, 6) is -2.07. The maximum atomic E-state index is 13.1. The molecule has 1 aromatic heterocycles. The van der Waals surface area contributed by atoms with Crippen molar-refractivity contribution in [3.8, 4) is 5.69 Å². The lowest BCUT2D eigenvalue weighted by Crippen LogP contribution is -2.27. The molecule has 3 N–H and O–H groups in total. The minimum Gasteiger partial charge on any atom is -0.370 e. The van der Waals surface area contributed by atoms with E-state index >= 15 is 0 Å². The minimum absolute atomic E-state index is 0.264. The number of nitrogens with two attached hydrogens (primary N) is 1. The maximum Gasteiger partial charge on any atom is 0.296 e. The lowest BCUT2D eigenvalue weighted by atomic mass is 10.1. The molecule has 8 heteroatoms. The number of primary amides is 1. The Morgan fingerprint density at radius 3 is 2.34 bits per heavy atom.